The standard InChI is InChI=1S/C19H22N2O6/c1-25-15-9-12(10-16(26-2)18(15)27-3)7-8-17(23)20-21-19(24)13-5-4-6-14(22)11-13/h4-6,9-11,22H,7-8H2,1-3H3,(H,20,23)(H,21,24). The average molecular weight is 374 g/mol. The third-order valence-corrected chi connectivity index (χ3v) is 3.79. The summed E-state index contributed by atoms with van der Waals surface area (Å²) in [4.78, 5) is 23.9. The Morgan fingerprint density at radius 3 is 2.19 bits per heavy atom. The van der Waals surface area contributed by atoms with E-state index < -0.39 is 5.91 Å². The molecule has 8 nitrogen and oxygen atoms in total. The van der Waals surface area contributed by atoms with E-state index in [0.29, 0.717) is 23.7 Å². The number of aromatic hydroxyl groups is 1. The van der Waals surface area contributed by atoms with Gasteiger partial charge >= 0.3 is 0 Å². The van der Waals surface area contributed by atoms with Crippen LogP contribution in [0, 0.1) is 0 Å². The van der Waals surface area contributed by atoms with Gasteiger partial charge in [-0.25, -0.2) is 0 Å². The van der Waals surface area contributed by atoms with Gasteiger partial charge in [-0.2, -0.15) is 0 Å². The van der Waals surface area contributed by atoms with E-state index in [9.17, 15) is 14.7 Å². The molecule has 2 amide bonds. The highest BCUT2D eigenvalue weighted by Crippen LogP contribution is 2.38. The molecule has 0 atom stereocenters. The van der Waals surface area contributed by atoms with Gasteiger partial charge in [0.25, 0.3) is 5.91 Å². The number of nitrogens with one attached hydrogen (secondary N) is 2. The van der Waals surface area contributed by atoms with Gasteiger partial charge in [0.05, 0.1) is 21.3 Å². The second-order valence-electron chi connectivity index (χ2n) is 5.59. The predicted molar refractivity (Wildman–Crippen MR) is 98.1 cm³/mol. The highest BCUT2D eigenvalue weighted by Gasteiger charge is 2.14. The molecule has 0 bridgehead atoms. The number of carbonyl (C=O) groups is 2. The lowest BCUT2D eigenvalue weighted by atomic mass is 10.1. The number of benzene rings is 2. The van der Waals surface area contributed by atoms with Gasteiger partial charge in [-0.1, -0.05) is 6.07 Å². The van der Waals surface area contributed by atoms with Crippen LogP contribution >= 0.6 is 0 Å². The summed E-state index contributed by atoms with van der Waals surface area (Å²) in [5.41, 5.74) is 5.70. The molecule has 0 aromatic heterocycles. The molecule has 0 heterocycles. The molecular weight excluding hydrogens is 352 g/mol. The molecule has 2 aromatic rings. The van der Waals surface area contributed by atoms with E-state index in [4.69, 9.17) is 14.2 Å². The minimum absolute atomic E-state index is 0.0311. The van der Waals surface area contributed by atoms with Crippen molar-refractivity contribution in [3.8, 4) is 23.0 Å². The molecular formula is C19H22N2O6. The Bertz CT molecular complexity index is 797. The molecule has 0 unspecified atom stereocenters. The Morgan fingerprint density at radius 1 is 0.963 bits per heavy atom. The SMILES string of the molecule is COc1cc(CCC(=O)NNC(=O)c2cccc(O)c2)cc(OC)c1OC. The van der Waals surface area contributed by atoms with Crippen molar-refractivity contribution in [3.63, 3.8) is 0 Å². The Balaban J connectivity index is 1.92. The van der Waals surface area contributed by atoms with Crippen LogP contribution in [0.5, 0.6) is 23.0 Å². The Kier molecular flexibility index (Phi) is 6.87. The quantitative estimate of drug-likeness (QED) is 0.638. The zero-order valence-corrected chi connectivity index (χ0v) is 15.4. The van der Waals surface area contributed by atoms with Crippen LogP contribution in [0.4, 0.5) is 0 Å². The normalized spacial score (nSPS) is 10.0. The summed E-state index contributed by atoms with van der Waals surface area (Å²) in [7, 11) is 4.55. The topological polar surface area (TPSA) is 106 Å². The molecule has 0 spiro atoms. The molecule has 2 rings (SSSR count). The first-order valence-electron chi connectivity index (χ1n) is 8.15. The van der Waals surface area contributed by atoms with E-state index in [0.717, 1.165) is 5.56 Å². The zero-order chi connectivity index (χ0) is 19.8. The second-order valence-corrected chi connectivity index (χ2v) is 5.59. The highest BCUT2D eigenvalue weighted by atomic mass is 16.5. The summed E-state index contributed by atoms with van der Waals surface area (Å²) in [6.45, 7) is 0. The van der Waals surface area contributed by atoms with Crippen LogP contribution in [0.15, 0.2) is 36.4 Å². The largest absolute Gasteiger partial charge is 0.508 e. The first-order valence-corrected chi connectivity index (χ1v) is 8.15. The van der Waals surface area contributed by atoms with Crippen LogP contribution in [0.25, 0.3) is 0 Å². The van der Waals surface area contributed by atoms with Crippen LogP contribution in [0.3, 0.4) is 0 Å². The molecule has 0 saturated carbocycles. The molecule has 8 heteroatoms. The number of hydrogen-bond donors (Lipinski definition) is 3. The smallest absolute Gasteiger partial charge is 0.269 e. The number of amides is 2. The third kappa shape index (κ3) is 5.27. The van der Waals surface area contributed by atoms with Crippen LogP contribution < -0.4 is 25.1 Å². The fourth-order valence-corrected chi connectivity index (χ4v) is 2.45. The summed E-state index contributed by atoms with van der Waals surface area (Å²) in [6, 6.07) is 9.34. The lowest BCUT2D eigenvalue weighted by Gasteiger charge is -2.14. The number of hydrogen-bond acceptors (Lipinski definition) is 6. The number of phenols is 1. The van der Waals surface area contributed by atoms with Crippen molar-refractivity contribution in [1.82, 2.24) is 10.9 Å². The Labute approximate surface area is 157 Å². The van der Waals surface area contributed by atoms with Crippen LogP contribution in [-0.4, -0.2) is 38.3 Å². The minimum Gasteiger partial charge on any atom is -0.508 e. The maximum Gasteiger partial charge on any atom is 0.269 e. The summed E-state index contributed by atoms with van der Waals surface area (Å²) in [5.74, 6) is 0.570. The molecule has 27 heavy (non-hydrogen) atoms. The number of aryl methyl sites for hydroxylation is 1. The van der Waals surface area contributed by atoms with E-state index in [1.165, 1.54) is 45.6 Å². The van der Waals surface area contributed by atoms with Gasteiger partial charge in [0.2, 0.25) is 11.7 Å². The second kappa shape index (κ2) is 9.33. The number of methoxy groups -OCH3 is 3. The van der Waals surface area contributed by atoms with Crippen molar-refractivity contribution in [1.29, 1.82) is 0 Å². The number of rotatable bonds is 7. The summed E-state index contributed by atoms with van der Waals surface area (Å²) < 4.78 is 15.8. The zero-order valence-electron chi connectivity index (χ0n) is 15.4. The van der Waals surface area contributed by atoms with Crippen LogP contribution in [0.1, 0.15) is 22.3 Å². The molecule has 0 aliphatic heterocycles. The maximum absolute atomic E-state index is 12.0. The van der Waals surface area contributed by atoms with Crippen molar-refractivity contribution in [2.75, 3.05) is 21.3 Å². The van der Waals surface area contributed by atoms with E-state index in [1.807, 2.05) is 0 Å². The van der Waals surface area contributed by atoms with Gasteiger partial charge in [-0.3, -0.25) is 20.4 Å². The third-order valence-electron chi connectivity index (χ3n) is 3.79. The summed E-state index contributed by atoms with van der Waals surface area (Å²) >= 11 is 0. The van der Waals surface area contributed by atoms with Crippen LogP contribution in [-0.2, 0) is 11.2 Å². The van der Waals surface area contributed by atoms with Gasteiger partial charge < -0.3 is 19.3 Å². The number of ether oxygens (including phenoxy) is 3. The van der Waals surface area contributed by atoms with Crippen molar-refractivity contribution in [2.45, 2.75) is 12.8 Å². The summed E-state index contributed by atoms with van der Waals surface area (Å²) in [5, 5.41) is 9.38. The van der Waals surface area contributed by atoms with Crippen molar-refractivity contribution >= 4 is 11.8 Å². The van der Waals surface area contributed by atoms with Crippen LogP contribution in [0.2, 0.25) is 0 Å². The van der Waals surface area contributed by atoms with Gasteiger partial charge in [0.15, 0.2) is 11.5 Å². The van der Waals surface area contributed by atoms with Crippen molar-refractivity contribution < 1.29 is 28.9 Å². The first kappa shape index (κ1) is 19.9. The van der Waals surface area contributed by atoms with Gasteiger partial charge in [0, 0.05) is 12.0 Å². The fraction of sp³-hybridized carbons (Fsp3) is 0.263. The molecule has 0 fully saturated rings. The van der Waals surface area contributed by atoms with E-state index in [2.05, 4.69) is 10.9 Å². The fourth-order valence-electron chi connectivity index (χ4n) is 2.45. The van der Waals surface area contributed by atoms with E-state index >= 15 is 0 Å². The molecule has 3 N–H and O–H groups in total. The molecule has 0 saturated heterocycles. The minimum atomic E-state index is -0.521. The lowest BCUT2D eigenvalue weighted by Crippen LogP contribution is -2.41. The number of carbonyl (C=O) groups excluding carboxylic acids is 2. The molecule has 0 aliphatic carbocycles. The highest BCUT2D eigenvalue weighted by molar-refractivity contribution is 5.95. The molecule has 0 radical (unpaired) electrons. The molecule has 0 aliphatic rings. The predicted octanol–water partition coefficient (Wildman–Crippen LogP) is 1.81. The Morgan fingerprint density at radius 2 is 1.63 bits per heavy atom. The molecule has 2 aromatic carbocycles. The van der Waals surface area contributed by atoms with E-state index in [1.54, 1.807) is 12.1 Å². The summed E-state index contributed by atoms with van der Waals surface area (Å²) in [6.07, 6.45) is 0.545. The lowest BCUT2D eigenvalue weighted by molar-refractivity contribution is -0.121. The first-order chi connectivity index (χ1) is 13.0. The van der Waals surface area contributed by atoms with Gasteiger partial charge in [-0.05, 0) is 42.3 Å². The van der Waals surface area contributed by atoms with Crippen molar-refractivity contribution in [2.24, 2.45) is 0 Å². The van der Waals surface area contributed by atoms with Crippen molar-refractivity contribution in [3.05, 3.63) is 47.5 Å². The van der Waals surface area contributed by atoms with E-state index in [-0.39, 0.29) is 23.6 Å². The number of hydrazine groups is 1. The molecule has 144 valence electrons. The maximum atomic E-state index is 12.0. The number of phenolic OH excluding ortho intramolecular Hbond substituents is 1. The average Bonchev–Trinajstić information content (AvgIpc) is 2.69. The monoisotopic (exact) mass is 374 g/mol. The van der Waals surface area contributed by atoms with Gasteiger partial charge in [-0.15, -0.1) is 0 Å². The Hall–Kier alpha value is -3.42. The van der Waals surface area contributed by atoms with Gasteiger partial charge in [0.1, 0.15) is 5.75 Å².